The Morgan fingerprint density at radius 2 is 2.14 bits per heavy atom. The molecule has 8 heteroatoms. The first-order valence-electron chi connectivity index (χ1n) is 6.88. The van der Waals surface area contributed by atoms with E-state index in [2.05, 4.69) is 10.3 Å². The molecule has 8 nitrogen and oxygen atoms in total. The van der Waals surface area contributed by atoms with Crippen LogP contribution in [0.25, 0.3) is 0 Å². The van der Waals surface area contributed by atoms with Gasteiger partial charge in [-0.1, -0.05) is 20.8 Å². The Kier molecular flexibility index (Phi) is 3.83. The van der Waals surface area contributed by atoms with Crippen molar-refractivity contribution in [3.8, 4) is 6.07 Å². The van der Waals surface area contributed by atoms with Crippen LogP contribution in [-0.4, -0.2) is 50.2 Å². The molecule has 0 bridgehead atoms. The van der Waals surface area contributed by atoms with Crippen molar-refractivity contribution in [1.82, 2.24) is 19.8 Å². The Labute approximate surface area is 128 Å². The lowest BCUT2D eigenvalue weighted by Gasteiger charge is -2.52. The summed E-state index contributed by atoms with van der Waals surface area (Å²) in [6, 6.07) is 1.28. The number of nitriles is 1. The first kappa shape index (κ1) is 15.8. The Balaban J connectivity index is 2.17. The van der Waals surface area contributed by atoms with Gasteiger partial charge in [-0.2, -0.15) is 5.26 Å². The minimum atomic E-state index is -0.997. The fourth-order valence-electron chi connectivity index (χ4n) is 2.91. The van der Waals surface area contributed by atoms with Crippen LogP contribution in [0.4, 0.5) is 4.79 Å². The number of carbonyl (C=O) groups excluding carboxylic acids is 1. The zero-order chi connectivity index (χ0) is 16.7. The zero-order valence-electron chi connectivity index (χ0n) is 13.0. The topological polar surface area (TPSA) is 111 Å². The predicted molar refractivity (Wildman–Crippen MR) is 77.2 cm³/mol. The fraction of sp³-hybridized carbons (Fsp3) is 0.571. The smallest absolute Gasteiger partial charge is 0.407 e. The van der Waals surface area contributed by atoms with Gasteiger partial charge in [-0.3, -0.25) is 4.79 Å². The molecule has 2 amide bonds. The second-order valence-corrected chi connectivity index (χ2v) is 6.49. The number of aryl methyl sites for hydroxylation is 1. The first-order valence-corrected chi connectivity index (χ1v) is 6.88. The van der Waals surface area contributed by atoms with Crippen LogP contribution in [0.5, 0.6) is 0 Å². The summed E-state index contributed by atoms with van der Waals surface area (Å²) in [5, 5.41) is 21.0. The van der Waals surface area contributed by atoms with Gasteiger partial charge in [0, 0.05) is 13.6 Å². The van der Waals surface area contributed by atoms with Crippen molar-refractivity contribution in [2.45, 2.75) is 32.9 Å². The molecule has 2 atom stereocenters. The third-order valence-corrected chi connectivity index (χ3v) is 3.82. The van der Waals surface area contributed by atoms with Crippen molar-refractivity contribution in [3.63, 3.8) is 0 Å². The van der Waals surface area contributed by atoms with E-state index in [9.17, 15) is 14.7 Å². The van der Waals surface area contributed by atoms with E-state index in [0.29, 0.717) is 0 Å². The SMILES string of the molecule is Cn1cnc(C#N)c1C(=O)NC1CN(C(=O)O)C1C(C)(C)C. The van der Waals surface area contributed by atoms with Crippen molar-refractivity contribution in [1.29, 1.82) is 5.26 Å². The molecule has 118 valence electrons. The zero-order valence-corrected chi connectivity index (χ0v) is 13.0. The molecule has 1 aromatic rings. The van der Waals surface area contributed by atoms with E-state index in [4.69, 9.17) is 5.26 Å². The molecule has 0 aromatic carbocycles. The Morgan fingerprint density at radius 3 is 2.64 bits per heavy atom. The quantitative estimate of drug-likeness (QED) is 0.839. The van der Waals surface area contributed by atoms with Gasteiger partial charge >= 0.3 is 6.09 Å². The molecule has 2 heterocycles. The minimum Gasteiger partial charge on any atom is -0.465 e. The third kappa shape index (κ3) is 2.62. The molecule has 1 saturated heterocycles. The van der Waals surface area contributed by atoms with Gasteiger partial charge in [-0.25, -0.2) is 9.78 Å². The van der Waals surface area contributed by atoms with Crippen molar-refractivity contribution in [2.24, 2.45) is 12.5 Å². The van der Waals surface area contributed by atoms with Crippen LogP contribution < -0.4 is 5.32 Å². The lowest BCUT2D eigenvalue weighted by molar-refractivity contribution is -0.0108. The minimum absolute atomic E-state index is 0.0572. The summed E-state index contributed by atoms with van der Waals surface area (Å²) in [6.45, 7) is 6.02. The average molecular weight is 305 g/mol. The molecule has 2 N–H and O–H groups in total. The Hall–Kier alpha value is -2.56. The normalized spacial score (nSPS) is 21.0. The van der Waals surface area contributed by atoms with Crippen LogP contribution in [0.2, 0.25) is 0 Å². The van der Waals surface area contributed by atoms with E-state index in [1.807, 2.05) is 26.8 Å². The van der Waals surface area contributed by atoms with Crippen molar-refractivity contribution in [2.75, 3.05) is 6.54 Å². The summed E-state index contributed by atoms with van der Waals surface area (Å²) in [7, 11) is 1.63. The molecular formula is C14H19N5O3. The number of imidazole rings is 1. The maximum Gasteiger partial charge on any atom is 0.407 e. The van der Waals surface area contributed by atoms with Crippen LogP contribution in [0.1, 0.15) is 37.0 Å². The number of carboxylic acid groups (broad SMARTS) is 1. The molecule has 1 aliphatic heterocycles. The number of likely N-dealkylation sites (tertiary alicyclic amines) is 1. The number of rotatable bonds is 2. The Morgan fingerprint density at radius 1 is 1.50 bits per heavy atom. The number of hydrogen-bond acceptors (Lipinski definition) is 4. The number of amides is 2. The summed E-state index contributed by atoms with van der Waals surface area (Å²) in [5.41, 5.74) is -0.0651. The van der Waals surface area contributed by atoms with E-state index >= 15 is 0 Å². The van der Waals surface area contributed by atoms with Crippen LogP contribution in [0.3, 0.4) is 0 Å². The summed E-state index contributed by atoms with van der Waals surface area (Å²) in [4.78, 5) is 28.8. The van der Waals surface area contributed by atoms with Crippen LogP contribution in [0, 0.1) is 16.7 Å². The van der Waals surface area contributed by atoms with Gasteiger partial charge in [0.15, 0.2) is 5.69 Å². The molecule has 0 aliphatic carbocycles. The molecule has 1 fully saturated rings. The fourth-order valence-corrected chi connectivity index (χ4v) is 2.91. The number of hydrogen-bond donors (Lipinski definition) is 2. The van der Waals surface area contributed by atoms with Crippen LogP contribution >= 0.6 is 0 Å². The van der Waals surface area contributed by atoms with Crippen molar-refractivity contribution >= 4 is 12.0 Å². The summed E-state index contributed by atoms with van der Waals surface area (Å²) < 4.78 is 1.48. The van der Waals surface area contributed by atoms with Gasteiger partial charge in [0.05, 0.1) is 18.4 Å². The van der Waals surface area contributed by atoms with E-state index < -0.39 is 12.0 Å². The molecular weight excluding hydrogens is 286 g/mol. The number of aromatic nitrogens is 2. The first-order chi connectivity index (χ1) is 10.2. The largest absolute Gasteiger partial charge is 0.465 e. The predicted octanol–water partition coefficient (Wildman–Crippen LogP) is 0.798. The van der Waals surface area contributed by atoms with Gasteiger partial charge in [0.25, 0.3) is 5.91 Å². The van der Waals surface area contributed by atoms with Crippen molar-refractivity contribution < 1.29 is 14.7 Å². The lowest BCUT2D eigenvalue weighted by atomic mass is 9.76. The average Bonchev–Trinajstić information content (AvgIpc) is 2.72. The highest BCUT2D eigenvalue weighted by Gasteiger charge is 2.49. The van der Waals surface area contributed by atoms with Gasteiger partial charge < -0.3 is 19.9 Å². The number of carbonyl (C=O) groups is 2. The number of nitrogens with zero attached hydrogens (tertiary/aromatic N) is 4. The highest BCUT2D eigenvalue weighted by molar-refractivity contribution is 5.95. The van der Waals surface area contributed by atoms with Crippen molar-refractivity contribution in [3.05, 3.63) is 17.7 Å². The van der Waals surface area contributed by atoms with Crippen LogP contribution in [0.15, 0.2) is 6.33 Å². The molecule has 2 unspecified atom stereocenters. The third-order valence-electron chi connectivity index (χ3n) is 3.82. The standard InChI is InChI=1S/C14H19N5O3/c1-14(2,3)11-9(6-19(11)13(21)22)17-12(20)10-8(5-15)16-7-18(10)4/h7,9,11H,6H2,1-4H3,(H,17,20)(H,21,22). The maximum atomic E-state index is 12.4. The van der Waals surface area contributed by atoms with E-state index in [1.54, 1.807) is 7.05 Å². The second kappa shape index (κ2) is 5.33. The second-order valence-electron chi connectivity index (χ2n) is 6.49. The molecule has 22 heavy (non-hydrogen) atoms. The molecule has 0 spiro atoms. The highest BCUT2D eigenvalue weighted by Crippen LogP contribution is 2.34. The summed E-state index contributed by atoms with van der Waals surface area (Å²) >= 11 is 0. The Bertz CT molecular complexity index is 652. The molecule has 2 rings (SSSR count). The highest BCUT2D eigenvalue weighted by atomic mass is 16.4. The van der Waals surface area contributed by atoms with Gasteiger partial charge in [0.2, 0.25) is 0 Å². The molecule has 0 saturated carbocycles. The number of nitrogens with one attached hydrogen (secondary N) is 1. The molecule has 0 radical (unpaired) electrons. The van der Waals surface area contributed by atoms with Gasteiger partial charge in [-0.05, 0) is 5.41 Å². The maximum absolute atomic E-state index is 12.4. The lowest BCUT2D eigenvalue weighted by Crippen LogP contribution is -2.71. The van der Waals surface area contributed by atoms with E-state index in [-0.39, 0.29) is 35.4 Å². The van der Waals surface area contributed by atoms with Crippen LogP contribution in [-0.2, 0) is 7.05 Å². The van der Waals surface area contributed by atoms with Gasteiger partial charge in [-0.15, -0.1) is 0 Å². The summed E-state index contributed by atoms with van der Waals surface area (Å²) in [5.74, 6) is -0.416. The summed E-state index contributed by atoms with van der Waals surface area (Å²) in [6.07, 6.45) is 0.405. The van der Waals surface area contributed by atoms with Gasteiger partial charge in [0.1, 0.15) is 11.8 Å². The molecule has 1 aromatic heterocycles. The monoisotopic (exact) mass is 305 g/mol. The molecule has 1 aliphatic rings. The van der Waals surface area contributed by atoms with E-state index in [0.717, 1.165) is 0 Å². The van der Waals surface area contributed by atoms with E-state index in [1.165, 1.54) is 15.8 Å².